The molecule has 0 saturated heterocycles. The summed E-state index contributed by atoms with van der Waals surface area (Å²) < 4.78 is 1.66. The lowest BCUT2D eigenvalue weighted by Crippen LogP contribution is -2.17. The molecule has 5 heteroatoms. The van der Waals surface area contributed by atoms with Gasteiger partial charge in [0.25, 0.3) is 0 Å². The van der Waals surface area contributed by atoms with E-state index in [1.165, 1.54) is 0 Å². The van der Waals surface area contributed by atoms with E-state index >= 15 is 0 Å². The molecule has 0 bridgehead atoms. The van der Waals surface area contributed by atoms with E-state index in [2.05, 4.69) is 15.3 Å². The highest BCUT2D eigenvalue weighted by Gasteiger charge is 2.14. The van der Waals surface area contributed by atoms with E-state index in [9.17, 15) is 0 Å². The van der Waals surface area contributed by atoms with Crippen LogP contribution in [0.3, 0.4) is 0 Å². The minimum Gasteiger partial charge on any atom is -0.318 e. The molecule has 0 saturated carbocycles. The minimum absolute atomic E-state index is 0.273. The van der Waals surface area contributed by atoms with Crippen LogP contribution in [0.15, 0.2) is 24.4 Å². The van der Waals surface area contributed by atoms with Crippen LogP contribution in [0.5, 0.6) is 0 Å². The molecule has 2 aromatic rings. The summed E-state index contributed by atoms with van der Waals surface area (Å²) in [5, 5.41) is 7.64. The highest BCUT2D eigenvalue weighted by Crippen LogP contribution is 2.15. The standard InChI is InChI=1S/C10H13N5/c1-7-4-3-5-8(13-7)10(11)9-6-12-14-15(9)2/h3-6,10H,11H2,1-2H3. The zero-order chi connectivity index (χ0) is 10.8. The highest BCUT2D eigenvalue weighted by atomic mass is 15.4. The second kappa shape index (κ2) is 3.78. The number of aromatic nitrogens is 4. The van der Waals surface area contributed by atoms with Gasteiger partial charge in [-0.15, -0.1) is 5.10 Å². The summed E-state index contributed by atoms with van der Waals surface area (Å²) in [6.45, 7) is 1.94. The van der Waals surface area contributed by atoms with Crippen LogP contribution in [0.2, 0.25) is 0 Å². The molecule has 1 atom stereocenters. The maximum Gasteiger partial charge on any atom is 0.0913 e. The molecule has 0 aliphatic carbocycles. The Labute approximate surface area is 87.9 Å². The van der Waals surface area contributed by atoms with E-state index < -0.39 is 0 Å². The van der Waals surface area contributed by atoms with Crippen molar-refractivity contribution in [2.24, 2.45) is 12.8 Å². The SMILES string of the molecule is Cc1cccc(C(N)c2cnnn2C)n1. The summed E-state index contributed by atoms with van der Waals surface area (Å²) in [5.74, 6) is 0. The average molecular weight is 203 g/mol. The van der Waals surface area contributed by atoms with Crippen LogP contribution < -0.4 is 5.73 Å². The van der Waals surface area contributed by atoms with Crippen molar-refractivity contribution in [3.63, 3.8) is 0 Å². The number of nitrogens with zero attached hydrogens (tertiary/aromatic N) is 4. The summed E-state index contributed by atoms with van der Waals surface area (Å²) in [4.78, 5) is 4.38. The first-order chi connectivity index (χ1) is 7.18. The molecular formula is C10H13N5. The highest BCUT2D eigenvalue weighted by molar-refractivity contribution is 5.20. The Bertz CT molecular complexity index is 462. The third kappa shape index (κ3) is 1.87. The second-order valence-electron chi connectivity index (χ2n) is 3.46. The molecule has 0 aliphatic heterocycles. The largest absolute Gasteiger partial charge is 0.318 e. The molecule has 0 fully saturated rings. The molecule has 78 valence electrons. The molecule has 2 heterocycles. The molecule has 0 aliphatic rings. The summed E-state index contributed by atoms with van der Waals surface area (Å²) >= 11 is 0. The van der Waals surface area contributed by atoms with Crippen LogP contribution in [0.1, 0.15) is 23.1 Å². The summed E-state index contributed by atoms with van der Waals surface area (Å²) in [5.41, 5.74) is 8.71. The van der Waals surface area contributed by atoms with Crippen LogP contribution in [0.25, 0.3) is 0 Å². The van der Waals surface area contributed by atoms with E-state index in [1.807, 2.05) is 32.2 Å². The van der Waals surface area contributed by atoms with Gasteiger partial charge in [-0.2, -0.15) is 0 Å². The monoisotopic (exact) mass is 203 g/mol. The molecule has 0 amide bonds. The van der Waals surface area contributed by atoms with Crippen molar-refractivity contribution in [1.29, 1.82) is 0 Å². The van der Waals surface area contributed by atoms with E-state index in [4.69, 9.17) is 5.73 Å². The van der Waals surface area contributed by atoms with Crippen molar-refractivity contribution in [3.8, 4) is 0 Å². The summed E-state index contributed by atoms with van der Waals surface area (Å²) in [7, 11) is 1.82. The Morgan fingerprint density at radius 3 is 2.80 bits per heavy atom. The van der Waals surface area contributed by atoms with Crippen molar-refractivity contribution >= 4 is 0 Å². The first-order valence-corrected chi connectivity index (χ1v) is 4.72. The Morgan fingerprint density at radius 2 is 2.20 bits per heavy atom. The third-order valence-electron chi connectivity index (χ3n) is 2.30. The van der Waals surface area contributed by atoms with Crippen LogP contribution in [-0.4, -0.2) is 20.0 Å². The number of hydrogen-bond donors (Lipinski definition) is 1. The maximum absolute atomic E-state index is 6.07. The van der Waals surface area contributed by atoms with Gasteiger partial charge in [-0.1, -0.05) is 11.3 Å². The predicted octanol–water partition coefficient (Wildman–Crippen LogP) is 0.567. The number of hydrogen-bond acceptors (Lipinski definition) is 4. The molecule has 2 aromatic heterocycles. The fourth-order valence-corrected chi connectivity index (χ4v) is 1.47. The molecule has 2 rings (SSSR count). The number of pyridine rings is 1. The van der Waals surface area contributed by atoms with Crippen molar-refractivity contribution in [1.82, 2.24) is 20.0 Å². The molecule has 0 aromatic carbocycles. The molecule has 1 unspecified atom stereocenters. The van der Waals surface area contributed by atoms with Gasteiger partial charge >= 0.3 is 0 Å². The molecule has 0 radical (unpaired) electrons. The maximum atomic E-state index is 6.07. The van der Waals surface area contributed by atoms with Gasteiger partial charge in [-0.25, -0.2) is 0 Å². The van der Waals surface area contributed by atoms with Crippen LogP contribution in [0.4, 0.5) is 0 Å². The van der Waals surface area contributed by atoms with Gasteiger partial charge in [-0.3, -0.25) is 9.67 Å². The Kier molecular flexibility index (Phi) is 2.47. The fraction of sp³-hybridized carbons (Fsp3) is 0.300. The van der Waals surface area contributed by atoms with E-state index in [0.29, 0.717) is 0 Å². The summed E-state index contributed by atoms with van der Waals surface area (Å²) in [6, 6.07) is 5.52. The number of rotatable bonds is 2. The summed E-state index contributed by atoms with van der Waals surface area (Å²) in [6.07, 6.45) is 1.66. The van der Waals surface area contributed by atoms with Crippen molar-refractivity contribution < 1.29 is 0 Å². The smallest absolute Gasteiger partial charge is 0.0913 e. The first kappa shape index (κ1) is 9.79. The topological polar surface area (TPSA) is 69.6 Å². The molecule has 15 heavy (non-hydrogen) atoms. The van der Waals surface area contributed by atoms with E-state index in [-0.39, 0.29) is 6.04 Å². The van der Waals surface area contributed by atoms with Gasteiger partial charge < -0.3 is 5.73 Å². The molecule has 5 nitrogen and oxygen atoms in total. The number of nitrogens with two attached hydrogens (primary N) is 1. The van der Waals surface area contributed by atoms with Crippen molar-refractivity contribution in [2.75, 3.05) is 0 Å². The first-order valence-electron chi connectivity index (χ1n) is 4.72. The Hall–Kier alpha value is -1.75. The zero-order valence-corrected chi connectivity index (χ0v) is 8.75. The third-order valence-corrected chi connectivity index (χ3v) is 2.30. The van der Waals surface area contributed by atoms with Gasteiger partial charge in [0.2, 0.25) is 0 Å². The average Bonchev–Trinajstić information content (AvgIpc) is 2.63. The lowest BCUT2D eigenvalue weighted by atomic mass is 10.1. The molecular weight excluding hydrogens is 190 g/mol. The van der Waals surface area contributed by atoms with Crippen molar-refractivity contribution in [2.45, 2.75) is 13.0 Å². The lowest BCUT2D eigenvalue weighted by molar-refractivity contribution is 0.643. The van der Waals surface area contributed by atoms with Crippen LogP contribution in [-0.2, 0) is 7.05 Å². The zero-order valence-electron chi connectivity index (χ0n) is 8.75. The molecule has 2 N–H and O–H groups in total. The van der Waals surface area contributed by atoms with Crippen LogP contribution in [0, 0.1) is 6.92 Å². The Balaban J connectivity index is 2.36. The normalized spacial score (nSPS) is 12.7. The Morgan fingerprint density at radius 1 is 1.40 bits per heavy atom. The lowest BCUT2D eigenvalue weighted by Gasteiger charge is -2.10. The quantitative estimate of drug-likeness (QED) is 0.774. The van der Waals surface area contributed by atoms with Crippen LogP contribution >= 0.6 is 0 Å². The van der Waals surface area contributed by atoms with E-state index in [1.54, 1.807) is 10.9 Å². The fourth-order valence-electron chi connectivity index (χ4n) is 1.47. The molecule has 0 spiro atoms. The van der Waals surface area contributed by atoms with Gasteiger partial charge in [-0.05, 0) is 19.1 Å². The predicted molar refractivity (Wildman–Crippen MR) is 56.0 cm³/mol. The van der Waals surface area contributed by atoms with Gasteiger partial charge in [0, 0.05) is 12.7 Å². The van der Waals surface area contributed by atoms with Gasteiger partial charge in [0.1, 0.15) is 0 Å². The van der Waals surface area contributed by atoms with E-state index in [0.717, 1.165) is 17.1 Å². The number of aryl methyl sites for hydroxylation is 2. The van der Waals surface area contributed by atoms with Crippen molar-refractivity contribution in [3.05, 3.63) is 41.5 Å². The second-order valence-corrected chi connectivity index (χ2v) is 3.46. The van der Waals surface area contributed by atoms with Gasteiger partial charge in [0.05, 0.1) is 23.6 Å². The van der Waals surface area contributed by atoms with Gasteiger partial charge in [0.15, 0.2) is 0 Å². The minimum atomic E-state index is -0.273.